The van der Waals surface area contributed by atoms with E-state index in [2.05, 4.69) is 4.74 Å². The number of carbonyl (C=O) groups excluding carboxylic acids is 2. The normalized spacial score (nSPS) is 26.4. The minimum Gasteiger partial charge on any atom is -0.481 e. The summed E-state index contributed by atoms with van der Waals surface area (Å²) in [6, 6.07) is 9.03. The Labute approximate surface area is 146 Å². The topological polar surface area (TPSA) is 83.9 Å². The second-order valence-corrected chi connectivity index (χ2v) is 6.49. The zero-order chi connectivity index (χ0) is 18.0. The van der Waals surface area contributed by atoms with Gasteiger partial charge < -0.3 is 14.7 Å². The molecule has 2 aliphatic carbocycles. The van der Waals surface area contributed by atoms with Gasteiger partial charge in [-0.1, -0.05) is 30.4 Å². The number of esters is 1. The van der Waals surface area contributed by atoms with Crippen LogP contribution in [0.15, 0.2) is 42.5 Å². The number of aliphatic carboxylic acids is 1. The number of methoxy groups -OCH3 is 1. The predicted molar refractivity (Wildman–Crippen MR) is 90.8 cm³/mol. The third-order valence-corrected chi connectivity index (χ3v) is 5.13. The van der Waals surface area contributed by atoms with Crippen LogP contribution in [0, 0.1) is 23.7 Å². The number of para-hydroxylation sites is 1. The lowest BCUT2D eigenvalue weighted by Gasteiger charge is -2.31. The van der Waals surface area contributed by atoms with E-state index in [-0.39, 0.29) is 30.7 Å². The number of benzene rings is 1. The maximum atomic E-state index is 13.2. The Morgan fingerprint density at radius 2 is 1.76 bits per heavy atom. The molecule has 25 heavy (non-hydrogen) atoms. The zero-order valence-electron chi connectivity index (χ0n) is 14.0. The van der Waals surface area contributed by atoms with Crippen molar-refractivity contribution in [3.63, 3.8) is 0 Å². The van der Waals surface area contributed by atoms with Gasteiger partial charge in [0.05, 0.1) is 25.4 Å². The van der Waals surface area contributed by atoms with Crippen molar-refractivity contribution in [2.75, 3.05) is 18.6 Å². The van der Waals surface area contributed by atoms with Gasteiger partial charge in [0.1, 0.15) is 0 Å². The average Bonchev–Trinajstić information content (AvgIpc) is 3.23. The van der Waals surface area contributed by atoms with Crippen molar-refractivity contribution in [1.29, 1.82) is 0 Å². The summed E-state index contributed by atoms with van der Waals surface area (Å²) in [7, 11) is 1.30. The van der Waals surface area contributed by atoms with Crippen LogP contribution in [0.4, 0.5) is 5.69 Å². The van der Waals surface area contributed by atoms with E-state index in [9.17, 15) is 19.5 Å². The summed E-state index contributed by atoms with van der Waals surface area (Å²) in [5, 5.41) is 9.58. The van der Waals surface area contributed by atoms with Crippen LogP contribution in [0.1, 0.15) is 12.8 Å². The first-order chi connectivity index (χ1) is 12.0. The van der Waals surface area contributed by atoms with Crippen LogP contribution in [0.3, 0.4) is 0 Å². The molecule has 0 radical (unpaired) electrons. The lowest BCUT2D eigenvalue weighted by molar-refractivity contribution is -0.147. The fraction of sp³-hybridized carbons (Fsp3) is 0.421. The van der Waals surface area contributed by atoms with Crippen molar-refractivity contribution < 1.29 is 24.2 Å². The van der Waals surface area contributed by atoms with Crippen molar-refractivity contribution in [2.45, 2.75) is 12.8 Å². The number of hydrogen-bond acceptors (Lipinski definition) is 4. The Morgan fingerprint density at radius 3 is 2.36 bits per heavy atom. The molecular formula is C19H21NO5. The summed E-state index contributed by atoms with van der Waals surface area (Å²) in [6.45, 7) is 0.166. The van der Waals surface area contributed by atoms with Crippen LogP contribution in [0.2, 0.25) is 0 Å². The van der Waals surface area contributed by atoms with Crippen LogP contribution in [-0.4, -0.2) is 36.6 Å². The molecule has 0 saturated heterocycles. The van der Waals surface area contributed by atoms with Gasteiger partial charge in [0, 0.05) is 12.2 Å². The fourth-order valence-corrected chi connectivity index (χ4v) is 3.96. The lowest BCUT2D eigenvalue weighted by atomic mass is 9.82. The fourth-order valence-electron chi connectivity index (χ4n) is 3.96. The molecule has 0 aromatic heterocycles. The van der Waals surface area contributed by atoms with E-state index < -0.39 is 23.8 Å². The number of anilines is 1. The molecule has 132 valence electrons. The van der Waals surface area contributed by atoms with Gasteiger partial charge in [-0.25, -0.2) is 0 Å². The lowest BCUT2D eigenvalue weighted by Crippen LogP contribution is -2.44. The van der Waals surface area contributed by atoms with Gasteiger partial charge in [0.2, 0.25) is 5.91 Å². The second kappa shape index (κ2) is 7.09. The number of nitrogens with zero attached hydrogens (tertiary/aromatic N) is 1. The van der Waals surface area contributed by atoms with Crippen molar-refractivity contribution in [2.24, 2.45) is 23.7 Å². The number of rotatable bonds is 6. The number of ether oxygens (including phenoxy) is 1. The molecule has 6 nitrogen and oxygen atoms in total. The monoisotopic (exact) mass is 343 g/mol. The summed E-state index contributed by atoms with van der Waals surface area (Å²) < 4.78 is 4.67. The minimum atomic E-state index is -0.934. The molecule has 1 N–H and O–H groups in total. The van der Waals surface area contributed by atoms with E-state index >= 15 is 0 Å². The number of amides is 1. The molecule has 1 saturated carbocycles. The number of carbonyl (C=O) groups is 3. The maximum absolute atomic E-state index is 13.2. The molecule has 0 heterocycles. The summed E-state index contributed by atoms with van der Waals surface area (Å²) in [4.78, 5) is 38.0. The van der Waals surface area contributed by atoms with Gasteiger partial charge in [-0.2, -0.15) is 0 Å². The molecule has 1 fully saturated rings. The first-order valence-electron chi connectivity index (χ1n) is 8.37. The van der Waals surface area contributed by atoms with Gasteiger partial charge in [0.15, 0.2) is 0 Å². The summed E-state index contributed by atoms with van der Waals surface area (Å²) in [6.07, 6.45) is 4.63. The number of carboxylic acid groups (broad SMARTS) is 1. The smallest absolute Gasteiger partial charge is 0.307 e. The van der Waals surface area contributed by atoms with Gasteiger partial charge in [0.25, 0.3) is 0 Å². The highest BCUT2D eigenvalue weighted by Gasteiger charge is 2.52. The average molecular weight is 343 g/mol. The van der Waals surface area contributed by atoms with E-state index in [4.69, 9.17) is 0 Å². The SMILES string of the molecule is COC(=O)CCN(C(=O)[C@@H]1[C@H](C(=O)O)[C@H]2C=C[C@@H]1C2)c1ccccc1. The molecular weight excluding hydrogens is 322 g/mol. The van der Waals surface area contributed by atoms with Crippen molar-refractivity contribution in [1.82, 2.24) is 0 Å². The molecule has 6 heteroatoms. The molecule has 2 bridgehead atoms. The Balaban J connectivity index is 1.87. The Hall–Kier alpha value is -2.63. The quantitative estimate of drug-likeness (QED) is 0.632. The first-order valence-corrected chi connectivity index (χ1v) is 8.37. The molecule has 3 rings (SSSR count). The van der Waals surface area contributed by atoms with Crippen LogP contribution < -0.4 is 4.90 Å². The van der Waals surface area contributed by atoms with E-state index in [1.807, 2.05) is 30.4 Å². The highest BCUT2D eigenvalue weighted by Crippen LogP contribution is 2.49. The van der Waals surface area contributed by atoms with Crippen LogP contribution in [-0.2, 0) is 19.1 Å². The molecule has 2 aliphatic rings. The number of carboxylic acids is 1. The van der Waals surface area contributed by atoms with Gasteiger partial charge >= 0.3 is 11.9 Å². The molecule has 4 atom stereocenters. The molecule has 0 aliphatic heterocycles. The summed E-state index contributed by atoms with van der Waals surface area (Å²) in [5.41, 5.74) is 0.660. The van der Waals surface area contributed by atoms with E-state index in [1.165, 1.54) is 12.0 Å². The third-order valence-electron chi connectivity index (χ3n) is 5.13. The van der Waals surface area contributed by atoms with Gasteiger partial charge in [-0.15, -0.1) is 0 Å². The molecule has 1 aromatic carbocycles. The minimum absolute atomic E-state index is 0.0528. The third kappa shape index (κ3) is 3.29. The zero-order valence-corrected chi connectivity index (χ0v) is 14.0. The highest BCUT2D eigenvalue weighted by molar-refractivity contribution is 5.98. The highest BCUT2D eigenvalue weighted by atomic mass is 16.5. The van der Waals surface area contributed by atoms with Crippen molar-refractivity contribution >= 4 is 23.5 Å². The molecule has 0 unspecified atom stereocenters. The molecule has 1 amide bonds. The summed E-state index contributed by atoms with van der Waals surface area (Å²) >= 11 is 0. The maximum Gasteiger partial charge on any atom is 0.307 e. The van der Waals surface area contributed by atoms with E-state index in [0.29, 0.717) is 12.1 Å². The van der Waals surface area contributed by atoms with Gasteiger partial charge in [-0.05, 0) is 30.4 Å². The largest absolute Gasteiger partial charge is 0.481 e. The Morgan fingerprint density at radius 1 is 1.12 bits per heavy atom. The first kappa shape index (κ1) is 17.2. The second-order valence-electron chi connectivity index (χ2n) is 6.49. The number of hydrogen-bond donors (Lipinski definition) is 1. The predicted octanol–water partition coefficient (Wildman–Crippen LogP) is 2.11. The van der Waals surface area contributed by atoms with E-state index in [0.717, 1.165) is 0 Å². The number of fused-ring (bicyclic) bond motifs is 2. The Kier molecular flexibility index (Phi) is 4.88. The van der Waals surface area contributed by atoms with Crippen LogP contribution in [0.5, 0.6) is 0 Å². The van der Waals surface area contributed by atoms with E-state index in [1.54, 1.807) is 12.1 Å². The molecule has 0 spiro atoms. The van der Waals surface area contributed by atoms with Crippen LogP contribution in [0.25, 0.3) is 0 Å². The van der Waals surface area contributed by atoms with Crippen LogP contribution >= 0.6 is 0 Å². The molecule has 1 aromatic rings. The standard InChI is InChI=1S/C19H21NO5/c1-25-15(21)9-10-20(14-5-3-2-4-6-14)18(22)16-12-7-8-13(11-12)17(16)19(23)24/h2-8,12-13,16-17H,9-11H2,1H3,(H,23,24)/t12-,13+,16+,17-/m1/s1. The Bertz CT molecular complexity index is 699. The van der Waals surface area contributed by atoms with Crippen molar-refractivity contribution in [3.05, 3.63) is 42.5 Å². The summed E-state index contributed by atoms with van der Waals surface area (Å²) in [5.74, 6) is -3.01. The number of allylic oxidation sites excluding steroid dienone is 2. The van der Waals surface area contributed by atoms with Crippen molar-refractivity contribution in [3.8, 4) is 0 Å². The van der Waals surface area contributed by atoms with Gasteiger partial charge in [-0.3, -0.25) is 14.4 Å².